The van der Waals surface area contributed by atoms with Crippen LogP contribution in [-0.4, -0.2) is 24.1 Å². The lowest BCUT2D eigenvalue weighted by Gasteiger charge is -2.41. The molecule has 0 aromatic carbocycles. The van der Waals surface area contributed by atoms with E-state index in [0.717, 1.165) is 37.9 Å². The van der Waals surface area contributed by atoms with Gasteiger partial charge < -0.3 is 10.2 Å². The predicted octanol–water partition coefficient (Wildman–Crippen LogP) is 4.08. The zero-order chi connectivity index (χ0) is 15.4. The number of anilines is 1. The molecular weight excluding hydrogens is 278 g/mol. The highest BCUT2D eigenvalue weighted by Crippen LogP contribution is 2.35. The van der Waals surface area contributed by atoms with Gasteiger partial charge in [0, 0.05) is 24.0 Å². The Bertz CT molecular complexity index is 443. The molecule has 1 saturated heterocycles. The van der Waals surface area contributed by atoms with Gasteiger partial charge in [-0.15, -0.1) is 11.3 Å². The third kappa shape index (κ3) is 3.98. The molecule has 120 valence electrons. The van der Waals surface area contributed by atoms with Gasteiger partial charge in [-0.3, -0.25) is 0 Å². The monoisotopic (exact) mass is 309 g/mol. The van der Waals surface area contributed by atoms with E-state index >= 15 is 0 Å². The minimum atomic E-state index is 0.605. The van der Waals surface area contributed by atoms with Crippen molar-refractivity contribution < 1.29 is 0 Å². The van der Waals surface area contributed by atoms with Crippen molar-refractivity contribution in [3.63, 3.8) is 0 Å². The number of piperidine rings is 1. The van der Waals surface area contributed by atoms with Crippen LogP contribution in [0.2, 0.25) is 0 Å². The molecule has 0 spiro atoms. The number of rotatable bonds is 6. The van der Waals surface area contributed by atoms with Crippen LogP contribution in [0, 0.1) is 11.8 Å². The second kappa shape index (κ2) is 7.59. The average Bonchev–Trinajstić information content (AvgIpc) is 2.86. The van der Waals surface area contributed by atoms with E-state index in [1.165, 1.54) is 28.5 Å². The van der Waals surface area contributed by atoms with Crippen molar-refractivity contribution in [2.75, 3.05) is 18.0 Å². The number of nitrogens with one attached hydrogen (secondary N) is 1. The largest absolute Gasteiger partial charge is 0.345 e. The Morgan fingerprint density at radius 2 is 2.05 bits per heavy atom. The molecule has 1 aromatic rings. The number of nitrogens with zero attached hydrogens (tertiary/aromatic N) is 2. The van der Waals surface area contributed by atoms with Crippen LogP contribution in [0.5, 0.6) is 0 Å². The zero-order valence-electron chi connectivity index (χ0n) is 14.3. The van der Waals surface area contributed by atoms with Crippen molar-refractivity contribution in [1.29, 1.82) is 0 Å². The van der Waals surface area contributed by atoms with Gasteiger partial charge in [-0.1, -0.05) is 27.7 Å². The topological polar surface area (TPSA) is 28.2 Å². The summed E-state index contributed by atoms with van der Waals surface area (Å²) < 4.78 is 0. The first-order valence-corrected chi connectivity index (χ1v) is 9.34. The summed E-state index contributed by atoms with van der Waals surface area (Å²) in [5, 5.41) is 4.76. The molecule has 1 aliphatic heterocycles. The van der Waals surface area contributed by atoms with Crippen LogP contribution in [0.3, 0.4) is 0 Å². The minimum Gasteiger partial charge on any atom is -0.345 e. The Hall–Kier alpha value is -0.610. The van der Waals surface area contributed by atoms with Crippen LogP contribution >= 0.6 is 11.3 Å². The van der Waals surface area contributed by atoms with Crippen molar-refractivity contribution in [1.82, 2.24) is 10.3 Å². The van der Waals surface area contributed by atoms with Gasteiger partial charge in [0.1, 0.15) is 0 Å². The Kier molecular flexibility index (Phi) is 6.06. The molecule has 0 amide bonds. The molecule has 0 saturated carbocycles. The molecule has 1 aliphatic rings. The molecule has 2 rings (SSSR count). The van der Waals surface area contributed by atoms with Crippen molar-refractivity contribution >= 4 is 16.5 Å². The first-order chi connectivity index (χ1) is 10.1. The lowest BCUT2D eigenvalue weighted by Crippen LogP contribution is -2.45. The van der Waals surface area contributed by atoms with Crippen LogP contribution in [0.25, 0.3) is 0 Å². The van der Waals surface area contributed by atoms with Crippen molar-refractivity contribution in [2.24, 2.45) is 11.8 Å². The summed E-state index contributed by atoms with van der Waals surface area (Å²) in [7, 11) is 0. The van der Waals surface area contributed by atoms with Gasteiger partial charge in [0.2, 0.25) is 0 Å². The minimum absolute atomic E-state index is 0.605. The molecule has 1 aromatic heterocycles. The maximum atomic E-state index is 4.95. The summed E-state index contributed by atoms with van der Waals surface area (Å²) in [5.74, 6) is 1.52. The highest BCUT2D eigenvalue weighted by Gasteiger charge is 2.30. The van der Waals surface area contributed by atoms with Crippen molar-refractivity contribution in [3.8, 4) is 0 Å². The van der Waals surface area contributed by atoms with E-state index < -0.39 is 0 Å². The summed E-state index contributed by atoms with van der Waals surface area (Å²) in [6.07, 6.45) is 3.56. The first-order valence-electron chi connectivity index (χ1n) is 8.52. The standard InChI is InChI=1S/C17H31N3S/c1-6-8-18-10-16-15(7-2)19-17(21-16)20-11-12(3)9-13(4)14(20)5/h12-14,18H,6-11H2,1-5H3. The van der Waals surface area contributed by atoms with Crippen LogP contribution in [0.1, 0.15) is 58.0 Å². The molecule has 4 heteroatoms. The van der Waals surface area contributed by atoms with E-state index in [0.29, 0.717) is 6.04 Å². The number of aryl methyl sites for hydroxylation is 1. The van der Waals surface area contributed by atoms with Gasteiger partial charge in [0.15, 0.2) is 5.13 Å². The Labute approximate surface area is 134 Å². The van der Waals surface area contributed by atoms with Gasteiger partial charge >= 0.3 is 0 Å². The third-order valence-electron chi connectivity index (χ3n) is 4.66. The number of hydrogen-bond acceptors (Lipinski definition) is 4. The Morgan fingerprint density at radius 1 is 1.29 bits per heavy atom. The summed E-state index contributed by atoms with van der Waals surface area (Å²) >= 11 is 1.90. The number of hydrogen-bond donors (Lipinski definition) is 1. The molecule has 0 radical (unpaired) electrons. The van der Waals surface area contributed by atoms with Gasteiger partial charge in [-0.25, -0.2) is 4.98 Å². The maximum absolute atomic E-state index is 4.95. The van der Waals surface area contributed by atoms with E-state index in [9.17, 15) is 0 Å². The maximum Gasteiger partial charge on any atom is 0.186 e. The lowest BCUT2D eigenvalue weighted by atomic mass is 9.86. The Balaban J connectivity index is 2.15. The molecule has 2 heterocycles. The fourth-order valence-corrected chi connectivity index (χ4v) is 4.47. The fraction of sp³-hybridized carbons (Fsp3) is 0.824. The van der Waals surface area contributed by atoms with E-state index in [1.54, 1.807) is 0 Å². The van der Waals surface area contributed by atoms with Gasteiger partial charge in [0.25, 0.3) is 0 Å². The quantitative estimate of drug-likeness (QED) is 0.803. The average molecular weight is 310 g/mol. The molecule has 3 nitrogen and oxygen atoms in total. The van der Waals surface area contributed by atoms with Gasteiger partial charge in [0.05, 0.1) is 5.69 Å². The summed E-state index contributed by atoms with van der Waals surface area (Å²) in [5.41, 5.74) is 1.29. The Morgan fingerprint density at radius 3 is 2.71 bits per heavy atom. The molecule has 1 N–H and O–H groups in total. The van der Waals surface area contributed by atoms with Crippen LogP contribution in [0.4, 0.5) is 5.13 Å². The van der Waals surface area contributed by atoms with Gasteiger partial charge in [-0.05, 0) is 44.6 Å². The van der Waals surface area contributed by atoms with E-state index in [1.807, 2.05) is 11.3 Å². The SMILES string of the molecule is CCCNCc1sc(N2CC(C)CC(C)C2C)nc1CC. The summed E-state index contributed by atoms with van der Waals surface area (Å²) in [6, 6.07) is 0.605. The molecule has 0 aliphatic carbocycles. The van der Waals surface area contributed by atoms with Crippen LogP contribution < -0.4 is 10.2 Å². The van der Waals surface area contributed by atoms with Gasteiger partial charge in [-0.2, -0.15) is 0 Å². The smallest absolute Gasteiger partial charge is 0.186 e. The van der Waals surface area contributed by atoms with E-state index in [2.05, 4.69) is 44.8 Å². The first kappa shape index (κ1) is 16.8. The predicted molar refractivity (Wildman–Crippen MR) is 93.2 cm³/mol. The summed E-state index contributed by atoms with van der Waals surface area (Å²) in [4.78, 5) is 8.93. The van der Waals surface area contributed by atoms with E-state index in [-0.39, 0.29) is 0 Å². The number of thiazole rings is 1. The molecule has 3 atom stereocenters. The van der Waals surface area contributed by atoms with Crippen LogP contribution in [0.15, 0.2) is 0 Å². The van der Waals surface area contributed by atoms with Crippen molar-refractivity contribution in [3.05, 3.63) is 10.6 Å². The molecule has 21 heavy (non-hydrogen) atoms. The van der Waals surface area contributed by atoms with Crippen LogP contribution in [-0.2, 0) is 13.0 Å². The van der Waals surface area contributed by atoms with E-state index in [4.69, 9.17) is 4.98 Å². The molecule has 0 bridgehead atoms. The molecule has 3 unspecified atom stereocenters. The van der Waals surface area contributed by atoms with Crippen molar-refractivity contribution in [2.45, 2.75) is 66.5 Å². The second-order valence-corrected chi connectivity index (χ2v) is 7.67. The highest BCUT2D eigenvalue weighted by molar-refractivity contribution is 7.15. The molecule has 1 fully saturated rings. The number of aromatic nitrogens is 1. The fourth-order valence-electron chi connectivity index (χ4n) is 3.25. The third-order valence-corrected chi connectivity index (χ3v) is 5.79. The lowest BCUT2D eigenvalue weighted by molar-refractivity contribution is 0.297. The molecular formula is C17H31N3S. The normalized spacial score (nSPS) is 26.3. The highest BCUT2D eigenvalue weighted by atomic mass is 32.1. The second-order valence-electron chi connectivity index (χ2n) is 6.61. The summed E-state index contributed by atoms with van der Waals surface area (Å²) in [6.45, 7) is 14.8. The zero-order valence-corrected chi connectivity index (χ0v) is 15.1.